The Kier molecular flexibility index (Phi) is 6.60. The maximum Gasteiger partial charge on any atom is 0.387 e. The Balaban J connectivity index is 2.09. The lowest BCUT2D eigenvalue weighted by Crippen LogP contribution is -2.23. The third-order valence-electron chi connectivity index (χ3n) is 3.57. The summed E-state index contributed by atoms with van der Waals surface area (Å²) >= 11 is 0. The molecular weight excluding hydrogens is 348 g/mol. The Labute approximate surface area is 149 Å². The van der Waals surface area contributed by atoms with Gasteiger partial charge in [-0.2, -0.15) is 8.78 Å². The van der Waals surface area contributed by atoms with Gasteiger partial charge in [0.05, 0.1) is 21.3 Å². The molecule has 0 unspecified atom stereocenters. The number of carbonyl (C=O) groups is 1. The van der Waals surface area contributed by atoms with E-state index in [1.165, 1.54) is 45.6 Å². The molecule has 0 bridgehead atoms. The molecule has 1 amide bonds. The molecule has 0 aromatic heterocycles. The quantitative estimate of drug-likeness (QED) is 0.776. The van der Waals surface area contributed by atoms with Gasteiger partial charge in [-0.05, 0) is 30.3 Å². The monoisotopic (exact) mass is 367 g/mol. The minimum atomic E-state index is -2.91. The fourth-order valence-electron chi connectivity index (χ4n) is 2.30. The number of hydrogen-bond donors (Lipinski definition) is 1. The summed E-state index contributed by atoms with van der Waals surface area (Å²) in [5.74, 6) is 1.16. The zero-order valence-corrected chi connectivity index (χ0v) is 14.5. The summed E-state index contributed by atoms with van der Waals surface area (Å²) in [6, 6.07) is 8.78. The first-order chi connectivity index (χ1) is 12.5. The minimum Gasteiger partial charge on any atom is -0.496 e. The van der Waals surface area contributed by atoms with Crippen LogP contribution in [0.2, 0.25) is 0 Å². The molecule has 0 saturated heterocycles. The topological polar surface area (TPSA) is 66.0 Å². The second-order valence-corrected chi connectivity index (χ2v) is 5.10. The van der Waals surface area contributed by atoms with Crippen molar-refractivity contribution in [1.29, 1.82) is 0 Å². The molecule has 26 heavy (non-hydrogen) atoms. The summed E-state index contributed by atoms with van der Waals surface area (Å²) < 4.78 is 44.3. The van der Waals surface area contributed by atoms with Crippen molar-refractivity contribution in [2.24, 2.45) is 0 Å². The molecule has 2 aromatic carbocycles. The number of nitrogens with one attached hydrogen (secondary N) is 1. The van der Waals surface area contributed by atoms with E-state index < -0.39 is 6.61 Å². The normalized spacial score (nSPS) is 10.4. The highest BCUT2D eigenvalue weighted by atomic mass is 19.3. The third-order valence-corrected chi connectivity index (χ3v) is 3.57. The number of benzene rings is 2. The van der Waals surface area contributed by atoms with E-state index in [0.717, 1.165) is 0 Å². The third kappa shape index (κ3) is 4.75. The summed E-state index contributed by atoms with van der Waals surface area (Å²) in [7, 11) is 4.53. The van der Waals surface area contributed by atoms with Crippen LogP contribution in [-0.4, -0.2) is 33.8 Å². The van der Waals surface area contributed by atoms with Gasteiger partial charge in [-0.1, -0.05) is 0 Å². The average molecular weight is 367 g/mol. The van der Waals surface area contributed by atoms with Crippen molar-refractivity contribution in [2.45, 2.75) is 13.2 Å². The number of ether oxygens (including phenoxy) is 4. The Morgan fingerprint density at radius 1 is 0.962 bits per heavy atom. The molecule has 2 aromatic rings. The second kappa shape index (κ2) is 8.89. The highest BCUT2D eigenvalue weighted by Crippen LogP contribution is 2.34. The molecule has 0 saturated carbocycles. The molecule has 0 atom stereocenters. The first-order valence-electron chi connectivity index (χ1n) is 7.60. The van der Waals surface area contributed by atoms with Crippen LogP contribution in [-0.2, 0) is 6.54 Å². The smallest absolute Gasteiger partial charge is 0.387 e. The van der Waals surface area contributed by atoms with Crippen LogP contribution in [0.4, 0.5) is 8.78 Å². The molecule has 2 rings (SSSR count). The van der Waals surface area contributed by atoms with Gasteiger partial charge in [0.15, 0.2) is 11.5 Å². The van der Waals surface area contributed by atoms with E-state index in [0.29, 0.717) is 28.4 Å². The van der Waals surface area contributed by atoms with Gasteiger partial charge in [0.2, 0.25) is 0 Å². The van der Waals surface area contributed by atoms with Crippen LogP contribution in [0.3, 0.4) is 0 Å². The molecule has 0 aliphatic carbocycles. The highest BCUT2D eigenvalue weighted by Gasteiger charge is 2.13. The van der Waals surface area contributed by atoms with Crippen molar-refractivity contribution in [1.82, 2.24) is 5.32 Å². The molecule has 6 nitrogen and oxygen atoms in total. The second-order valence-electron chi connectivity index (χ2n) is 5.10. The van der Waals surface area contributed by atoms with E-state index in [9.17, 15) is 13.6 Å². The fourth-order valence-corrected chi connectivity index (χ4v) is 2.30. The van der Waals surface area contributed by atoms with Crippen LogP contribution in [0.25, 0.3) is 0 Å². The van der Waals surface area contributed by atoms with Crippen molar-refractivity contribution < 1.29 is 32.5 Å². The molecule has 0 heterocycles. The lowest BCUT2D eigenvalue weighted by Gasteiger charge is -2.14. The summed E-state index contributed by atoms with van der Waals surface area (Å²) in [4.78, 5) is 12.2. The summed E-state index contributed by atoms with van der Waals surface area (Å²) in [5, 5.41) is 2.73. The van der Waals surface area contributed by atoms with Crippen molar-refractivity contribution in [3.05, 3.63) is 47.5 Å². The number of halogens is 2. The van der Waals surface area contributed by atoms with E-state index in [1.807, 2.05) is 0 Å². The van der Waals surface area contributed by atoms with Crippen molar-refractivity contribution in [3.63, 3.8) is 0 Å². The molecule has 1 N–H and O–H groups in total. The average Bonchev–Trinajstić information content (AvgIpc) is 2.65. The Morgan fingerprint density at radius 3 is 2.08 bits per heavy atom. The van der Waals surface area contributed by atoms with Gasteiger partial charge < -0.3 is 24.3 Å². The molecule has 0 radical (unpaired) electrons. The lowest BCUT2D eigenvalue weighted by atomic mass is 10.1. The van der Waals surface area contributed by atoms with E-state index in [-0.39, 0.29) is 18.2 Å². The summed E-state index contributed by atoms with van der Waals surface area (Å²) in [6.07, 6.45) is 0. The van der Waals surface area contributed by atoms with Gasteiger partial charge in [-0.15, -0.1) is 0 Å². The van der Waals surface area contributed by atoms with Gasteiger partial charge >= 0.3 is 6.61 Å². The van der Waals surface area contributed by atoms with Gasteiger partial charge in [-0.25, -0.2) is 0 Å². The van der Waals surface area contributed by atoms with Crippen molar-refractivity contribution in [2.75, 3.05) is 21.3 Å². The molecule has 0 aliphatic heterocycles. The molecule has 140 valence electrons. The maximum atomic E-state index is 12.2. The van der Waals surface area contributed by atoms with Crippen LogP contribution in [0.5, 0.6) is 23.0 Å². The van der Waals surface area contributed by atoms with Crippen LogP contribution in [0, 0.1) is 0 Å². The molecule has 0 fully saturated rings. The zero-order valence-electron chi connectivity index (χ0n) is 14.5. The van der Waals surface area contributed by atoms with E-state index >= 15 is 0 Å². The first-order valence-corrected chi connectivity index (χ1v) is 7.60. The predicted molar refractivity (Wildman–Crippen MR) is 90.3 cm³/mol. The van der Waals surface area contributed by atoms with Gasteiger partial charge in [0.1, 0.15) is 11.5 Å². The van der Waals surface area contributed by atoms with Gasteiger partial charge in [0.25, 0.3) is 5.91 Å². The largest absolute Gasteiger partial charge is 0.496 e. The number of hydrogen-bond acceptors (Lipinski definition) is 5. The molecule has 8 heteroatoms. The molecular formula is C18H19F2NO5. The van der Waals surface area contributed by atoms with E-state index in [1.54, 1.807) is 12.1 Å². The SMILES string of the molecule is COc1cc(OC)c(OC)cc1CNC(=O)c1ccc(OC(F)F)cc1. The van der Waals surface area contributed by atoms with Crippen LogP contribution in [0.15, 0.2) is 36.4 Å². The Hall–Kier alpha value is -3.03. The standard InChI is InChI=1S/C18H19F2NO5/c1-23-14-9-16(25-3)15(24-2)8-12(14)10-21-17(22)11-4-6-13(7-5-11)26-18(19)20/h4-9,18H,10H2,1-3H3,(H,21,22). The van der Waals surface area contributed by atoms with Gasteiger partial charge in [-0.3, -0.25) is 4.79 Å². The number of amides is 1. The lowest BCUT2D eigenvalue weighted by molar-refractivity contribution is -0.0498. The predicted octanol–water partition coefficient (Wildman–Crippen LogP) is 3.24. The van der Waals surface area contributed by atoms with Crippen LogP contribution in [0.1, 0.15) is 15.9 Å². The van der Waals surface area contributed by atoms with Crippen LogP contribution >= 0.6 is 0 Å². The first kappa shape index (κ1) is 19.3. The number of alkyl halides is 2. The Bertz CT molecular complexity index is 750. The number of methoxy groups -OCH3 is 3. The maximum absolute atomic E-state index is 12.2. The minimum absolute atomic E-state index is 0.0156. The summed E-state index contributed by atoms with van der Waals surface area (Å²) in [5.41, 5.74) is 1.00. The Morgan fingerprint density at radius 2 is 1.54 bits per heavy atom. The van der Waals surface area contributed by atoms with Crippen LogP contribution < -0.4 is 24.3 Å². The zero-order chi connectivity index (χ0) is 19.1. The van der Waals surface area contributed by atoms with Crippen molar-refractivity contribution >= 4 is 5.91 Å². The number of carbonyl (C=O) groups excluding carboxylic acids is 1. The molecule has 0 spiro atoms. The fraction of sp³-hybridized carbons (Fsp3) is 0.278. The van der Waals surface area contributed by atoms with Crippen molar-refractivity contribution in [3.8, 4) is 23.0 Å². The highest BCUT2D eigenvalue weighted by molar-refractivity contribution is 5.94. The van der Waals surface area contributed by atoms with E-state index in [4.69, 9.17) is 14.2 Å². The summed E-state index contributed by atoms with van der Waals surface area (Å²) in [6.45, 7) is -2.73. The van der Waals surface area contributed by atoms with E-state index in [2.05, 4.69) is 10.1 Å². The molecule has 0 aliphatic rings. The number of rotatable bonds is 8. The van der Waals surface area contributed by atoms with Gasteiger partial charge in [0, 0.05) is 23.7 Å².